The van der Waals surface area contributed by atoms with Crippen LogP contribution < -0.4 is 0 Å². The van der Waals surface area contributed by atoms with Crippen molar-refractivity contribution in [2.75, 3.05) is 0 Å². The Bertz CT molecular complexity index is 39.2. The molecule has 0 unspecified atom stereocenters. The third-order valence-electron chi connectivity index (χ3n) is 0.477. The molecular formula is C5H9S. The maximum absolute atomic E-state index is 3.88. The molecule has 0 aromatic heterocycles. The summed E-state index contributed by atoms with van der Waals surface area (Å²) >= 11 is 3.88. The summed E-state index contributed by atoms with van der Waals surface area (Å²) in [5.41, 5.74) is 0. The van der Waals surface area contributed by atoms with E-state index in [1.165, 1.54) is 0 Å². The summed E-state index contributed by atoms with van der Waals surface area (Å²) in [7, 11) is 0. The van der Waals surface area contributed by atoms with Crippen LogP contribution in [-0.2, 0) is 0 Å². The topological polar surface area (TPSA) is 0 Å². The Kier molecular flexibility index (Phi) is 5.17. The monoisotopic (exact) mass is 101 g/mol. The van der Waals surface area contributed by atoms with Crippen molar-refractivity contribution in [2.24, 2.45) is 0 Å². The first-order valence-electron chi connectivity index (χ1n) is 1.99. The highest BCUT2D eigenvalue weighted by Gasteiger charge is 1.66. The summed E-state index contributed by atoms with van der Waals surface area (Å²) < 4.78 is 0. The molecule has 6 heavy (non-hydrogen) atoms. The number of hydrogen-bond acceptors (Lipinski definition) is 1. The van der Waals surface area contributed by atoms with Gasteiger partial charge in [-0.25, -0.2) is 0 Å². The van der Waals surface area contributed by atoms with Gasteiger partial charge in [-0.05, 0) is 13.3 Å². The van der Waals surface area contributed by atoms with Crippen LogP contribution >= 0.6 is 12.6 Å². The van der Waals surface area contributed by atoms with Crippen molar-refractivity contribution in [3.05, 3.63) is 17.9 Å². The van der Waals surface area contributed by atoms with Gasteiger partial charge in [0.1, 0.15) is 0 Å². The van der Waals surface area contributed by atoms with Crippen molar-refractivity contribution in [3.8, 4) is 0 Å². The van der Waals surface area contributed by atoms with Gasteiger partial charge in [0, 0.05) is 5.75 Å². The van der Waals surface area contributed by atoms with E-state index in [2.05, 4.69) is 12.6 Å². The van der Waals surface area contributed by atoms with Crippen LogP contribution in [0.5, 0.6) is 0 Å². The van der Waals surface area contributed by atoms with E-state index in [0.29, 0.717) is 0 Å². The molecule has 0 rings (SSSR count). The van der Waals surface area contributed by atoms with Crippen molar-refractivity contribution in [3.63, 3.8) is 0 Å². The SMILES string of the molecule is C/C=C/C[CH]S. The van der Waals surface area contributed by atoms with Crippen LogP contribution in [0.3, 0.4) is 0 Å². The van der Waals surface area contributed by atoms with Crippen LogP contribution in [0.4, 0.5) is 0 Å². The smallest absolute Gasteiger partial charge is 0.0171 e. The number of thiol groups is 1. The lowest BCUT2D eigenvalue weighted by atomic mass is 10.4. The summed E-state index contributed by atoms with van der Waals surface area (Å²) in [6.45, 7) is 2.00. The average Bonchev–Trinajstić information content (AvgIpc) is 1.61. The fourth-order valence-corrected chi connectivity index (χ4v) is 0.319. The van der Waals surface area contributed by atoms with Gasteiger partial charge in [-0.15, -0.1) is 0 Å². The summed E-state index contributed by atoms with van der Waals surface area (Å²) in [5.74, 6) is 1.82. The van der Waals surface area contributed by atoms with Crippen LogP contribution in [0.2, 0.25) is 0 Å². The Morgan fingerprint density at radius 3 is 2.50 bits per heavy atom. The normalized spacial score (nSPS) is 10.3. The van der Waals surface area contributed by atoms with Gasteiger partial charge in [-0.3, -0.25) is 0 Å². The second-order valence-electron chi connectivity index (χ2n) is 0.987. The van der Waals surface area contributed by atoms with E-state index >= 15 is 0 Å². The summed E-state index contributed by atoms with van der Waals surface area (Å²) in [5, 5.41) is 0. The minimum absolute atomic E-state index is 0.972. The van der Waals surface area contributed by atoms with Gasteiger partial charge < -0.3 is 0 Å². The Labute approximate surface area is 44.7 Å². The molecule has 0 atom stereocenters. The third-order valence-corrected chi connectivity index (χ3v) is 0.688. The van der Waals surface area contributed by atoms with E-state index < -0.39 is 0 Å². The lowest BCUT2D eigenvalue weighted by Crippen LogP contribution is -1.53. The maximum Gasteiger partial charge on any atom is 0.0171 e. The van der Waals surface area contributed by atoms with Gasteiger partial charge >= 0.3 is 0 Å². The van der Waals surface area contributed by atoms with Crippen LogP contribution in [0, 0.1) is 5.75 Å². The largest absolute Gasteiger partial charge is 0.174 e. The predicted octanol–water partition coefficient (Wildman–Crippen LogP) is 2.04. The number of allylic oxidation sites excluding steroid dienone is 2. The predicted molar refractivity (Wildman–Crippen MR) is 32.7 cm³/mol. The van der Waals surface area contributed by atoms with Crippen molar-refractivity contribution < 1.29 is 0 Å². The molecule has 35 valence electrons. The van der Waals surface area contributed by atoms with Gasteiger partial charge in [0.15, 0.2) is 0 Å². The van der Waals surface area contributed by atoms with Crippen molar-refractivity contribution in [1.82, 2.24) is 0 Å². The highest BCUT2D eigenvalue weighted by atomic mass is 32.1. The number of hydrogen-bond donors (Lipinski definition) is 1. The maximum atomic E-state index is 3.88. The molecule has 0 saturated carbocycles. The first-order chi connectivity index (χ1) is 2.91. The zero-order valence-corrected chi connectivity index (χ0v) is 4.78. The molecule has 0 nitrogen and oxygen atoms in total. The molecule has 0 saturated heterocycles. The van der Waals surface area contributed by atoms with Gasteiger partial charge in [0.05, 0.1) is 0 Å². The molecule has 0 aliphatic carbocycles. The van der Waals surface area contributed by atoms with E-state index in [9.17, 15) is 0 Å². The van der Waals surface area contributed by atoms with Crippen LogP contribution in [-0.4, -0.2) is 0 Å². The lowest BCUT2D eigenvalue weighted by Gasteiger charge is -1.75. The lowest BCUT2D eigenvalue weighted by molar-refractivity contribution is 1.36. The van der Waals surface area contributed by atoms with E-state index in [4.69, 9.17) is 0 Å². The van der Waals surface area contributed by atoms with E-state index in [1.54, 1.807) is 0 Å². The highest BCUT2D eigenvalue weighted by Crippen LogP contribution is 1.90. The Balaban J connectivity index is 2.66. The molecule has 0 aliphatic heterocycles. The number of rotatable bonds is 2. The van der Waals surface area contributed by atoms with E-state index in [0.717, 1.165) is 6.42 Å². The molecule has 0 aliphatic rings. The van der Waals surface area contributed by atoms with Gasteiger partial charge in [0.25, 0.3) is 0 Å². The zero-order valence-electron chi connectivity index (χ0n) is 3.89. The van der Waals surface area contributed by atoms with Crippen LogP contribution in [0.25, 0.3) is 0 Å². The van der Waals surface area contributed by atoms with Crippen molar-refractivity contribution in [2.45, 2.75) is 13.3 Å². The Morgan fingerprint density at radius 1 is 1.67 bits per heavy atom. The molecule has 0 aromatic rings. The fourth-order valence-electron chi connectivity index (χ4n) is 0.197. The minimum Gasteiger partial charge on any atom is -0.174 e. The van der Waals surface area contributed by atoms with Crippen molar-refractivity contribution in [1.29, 1.82) is 0 Å². The summed E-state index contributed by atoms with van der Waals surface area (Å²) in [6, 6.07) is 0. The molecular weight excluding hydrogens is 92.1 g/mol. The van der Waals surface area contributed by atoms with E-state index in [1.807, 2.05) is 24.8 Å². The summed E-state index contributed by atoms with van der Waals surface area (Å²) in [4.78, 5) is 0. The average molecular weight is 101 g/mol. The molecule has 0 heterocycles. The van der Waals surface area contributed by atoms with Gasteiger partial charge in [0.2, 0.25) is 0 Å². The highest BCUT2D eigenvalue weighted by molar-refractivity contribution is 7.82. The second kappa shape index (κ2) is 5.09. The molecule has 0 aromatic carbocycles. The first kappa shape index (κ1) is 6.09. The third kappa shape index (κ3) is 4.09. The molecule has 0 N–H and O–H groups in total. The van der Waals surface area contributed by atoms with Crippen molar-refractivity contribution >= 4 is 12.6 Å². The first-order valence-corrected chi connectivity index (χ1v) is 2.50. The molecule has 0 spiro atoms. The molecule has 1 heteroatoms. The van der Waals surface area contributed by atoms with Gasteiger partial charge in [-0.1, -0.05) is 12.2 Å². The zero-order chi connectivity index (χ0) is 4.83. The standard InChI is InChI=1S/C5H9S/c1-2-3-4-5-6/h2-3,5-6H,4H2,1H3/b3-2+. The van der Waals surface area contributed by atoms with Crippen LogP contribution in [0.15, 0.2) is 12.2 Å². The van der Waals surface area contributed by atoms with E-state index in [-0.39, 0.29) is 0 Å². The molecule has 0 bridgehead atoms. The van der Waals surface area contributed by atoms with Crippen LogP contribution in [0.1, 0.15) is 13.3 Å². The Morgan fingerprint density at radius 2 is 2.33 bits per heavy atom. The minimum atomic E-state index is 0.972. The molecule has 0 fully saturated rings. The Hall–Kier alpha value is 0.0900. The summed E-state index contributed by atoms with van der Waals surface area (Å²) in [6.07, 6.45) is 5.03. The molecule has 0 amide bonds. The van der Waals surface area contributed by atoms with Gasteiger partial charge in [-0.2, -0.15) is 12.6 Å². The molecule has 1 radical (unpaired) electrons. The second-order valence-corrected chi connectivity index (χ2v) is 1.35. The quantitative estimate of drug-likeness (QED) is 0.399. The fraction of sp³-hybridized carbons (Fsp3) is 0.400.